The standard InChI is InChI=1S/C15H32O6Si2/c1-13(2)15(17)20-14(11-16)12-19-9-8-10-23(7,18-3)21-22(4,5)6/h14,16H,1,8-12H2,2-7H3. The smallest absolute Gasteiger partial charge is 0.333 e. The van der Waals surface area contributed by atoms with Gasteiger partial charge in [-0.05, 0) is 45.6 Å². The molecule has 2 unspecified atom stereocenters. The second-order valence-corrected chi connectivity index (χ2v) is 14.9. The normalized spacial score (nSPS) is 15.8. The van der Waals surface area contributed by atoms with E-state index in [1.165, 1.54) is 0 Å². The molecular weight excluding hydrogens is 332 g/mol. The first-order valence-electron chi connectivity index (χ1n) is 7.83. The van der Waals surface area contributed by atoms with Crippen molar-refractivity contribution < 1.29 is 27.9 Å². The first kappa shape index (κ1) is 22.5. The van der Waals surface area contributed by atoms with E-state index >= 15 is 0 Å². The van der Waals surface area contributed by atoms with Crippen LogP contribution in [0.15, 0.2) is 12.2 Å². The molecule has 0 aromatic heterocycles. The van der Waals surface area contributed by atoms with Crippen LogP contribution in [0.5, 0.6) is 0 Å². The monoisotopic (exact) mass is 364 g/mol. The number of hydrogen-bond acceptors (Lipinski definition) is 6. The molecule has 0 aliphatic heterocycles. The maximum atomic E-state index is 11.4. The summed E-state index contributed by atoms with van der Waals surface area (Å²) in [5.41, 5.74) is 0.300. The van der Waals surface area contributed by atoms with Crippen molar-refractivity contribution in [3.8, 4) is 0 Å². The Morgan fingerprint density at radius 2 is 1.87 bits per heavy atom. The lowest BCUT2D eigenvalue weighted by Crippen LogP contribution is -2.46. The Morgan fingerprint density at radius 3 is 2.30 bits per heavy atom. The van der Waals surface area contributed by atoms with Gasteiger partial charge in [0, 0.05) is 19.3 Å². The number of esters is 1. The molecule has 0 saturated carbocycles. The van der Waals surface area contributed by atoms with Crippen molar-refractivity contribution in [3.05, 3.63) is 12.2 Å². The molecule has 23 heavy (non-hydrogen) atoms. The molecule has 0 spiro atoms. The van der Waals surface area contributed by atoms with Crippen LogP contribution in [0.1, 0.15) is 13.3 Å². The summed E-state index contributed by atoms with van der Waals surface area (Å²) in [5, 5.41) is 9.19. The van der Waals surface area contributed by atoms with Crippen LogP contribution in [0, 0.1) is 0 Å². The van der Waals surface area contributed by atoms with Gasteiger partial charge in [-0.15, -0.1) is 0 Å². The number of carbonyl (C=O) groups excluding carboxylic acids is 1. The van der Waals surface area contributed by atoms with Gasteiger partial charge in [0.1, 0.15) is 6.10 Å². The van der Waals surface area contributed by atoms with Gasteiger partial charge < -0.3 is 23.1 Å². The Labute approximate surface area is 142 Å². The second kappa shape index (κ2) is 10.4. The molecule has 2 atom stereocenters. The van der Waals surface area contributed by atoms with Gasteiger partial charge >= 0.3 is 14.5 Å². The molecule has 0 amide bonds. The maximum Gasteiger partial charge on any atom is 0.333 e. The molecule has 0 heterocycles. The van der Waals surface area contributed by atoms with Crippen LogP contribution in [-0.4, -0.2) is 61.0 Å². The molecule has 136 valence electrons. The Hall–Kier alpha value is -0.516. The Kier molecular flexibility index (Phi) is 10.1. The van der Waals surface area contributed by atoms with E-state index in [4.69, 9.17) is 18.0 Å². The molecule has 0 aromatic rings. The van der Waals surface area contributed by atoms with E-state index in [1.54, 1.807) is 14.0 Å². The van der Waals surface area contributed by atoms with Gasteiger partial charge in [0.2, 0.25) is 0 Å². The van der Waals surface area contributed by atoms with E-state index < -0.39 is 29.0 Å². The fourth-order valence-corrected chi connectivity index (χ4v) is 8.84. The zero-order chi connectivity index (χ0) is 18.1. The average Bonchev–Trinajstić information content (AvgIpc) is 2.43. The highest BCUT2D eigenvalue weighted by Gasteiger charge is 2.35. The highest BCUT2D eigenvalue weighted by molar-refractivity contribution is 6.81. The summed E-state index contributed by atoms with van der Waals surface area (Å²) in [6.45, 7) is 14.0. The molecular formula is C15H32O6Si2. The van der Waals surface area contributed by atoms with Crippen molar-refractivity contribution >= 4 is 22.8 Å². The molecule has 0 rings (SSSR count). The summed E-state index contributed by atoms with van der Waals surface area (Å²) in [4.78, 5) is 11.4. The number of hydrogen-bond donors (Lipinski definition) is 1. The van der Waals surface area contributed by atoms with Gasteiger partial charge in [-0.3, -0.25) is 0 Å². The average molecular weight is 365 g/mol. The number of carbonyl (C=O) groups is 1. The Balaban J connectivity index is 4.10. The fourth-order valence-electron chi connectivity index (χ4n) is 1.93. The van der Waals surface area contributed by atoms with Crippen LogP contribution >= 0.6 is 0 Å². The van der Waals surface area contributed by atoms with Crippen LogP contribution in [0.25, 0.3) is 0 Å². The van der Waals surface area contributed by atoms with Gasteiger partial charge in [-0.2, -0.15) is 0 Å². The first-order valence-corrected chi connectivity index (χ1v) is 13.8. The third kappa shape index (κ3) is 10.8. The number of rotatable bonds is 12. The van der Waals surface area contributed by atoms with Crippen molar-refractivity contribution in [1.82, 2.24) is 0 Å². The minimum atomic E-state index is -2.15. The largest absolute Gasteiger partial charge is 0.454 e. The summed E-state index contributed by atoms with van der Waals surface area (Å²) in [5.74, 6) is -0.518. The predicted molar refractivity (Wildman–Crippen MR) is 95.1 cm³/mol. The lowest BCUT2D eigenvalue weighted by Gasteiger charge is -2.32. The fraction of sp³-hybridized carbons (Fsp3) is 0.800. The highest BCUT2D eigenvalue weighted by atomic mass is 28.4. The topological polar surface area (TPSA) is 74.2 Å². The lowest BCUT2D eigenvalue weighted by atomic mass is 10.3. The van der Waals surface area contributed by atoms with Gasteiger partial charge in [0.05, 0.1) is 13.2 Å². The zero-order valence-corrected chi connectivity index (χ0v) is 17.3. The SMILES string of the molecule is C=C(C)C(=O)OC(CO)COCCC[Si](C)(OC)O[Si](C)(C)C. The second-order valence-electron chi connectivity index (χ2n) is 6.72. The molecule has 0 aliphatic rings. The molecule has 0 bridgehead atoms. The lowest BCUT2D eigenvalue weighted by molar-refractivity contribution is -0.149. The summed E-state index contributed by atoms with van der Waals surface area (Å²) in [6.07, 6.45) is 0.136. The summed E-state index contributed by atoms with van der Waals surface area (Å²) in [6, 6.07) is 0.836. The van der Waals surface area contributed by atoms with E-state index in [0.717, 1.165) is 12.5 Å². The van der Waals surface area contributed by atoms with Crippen LogP contribution < -0.4 is 0 Å². The van der Waals surface area contributed by atoms with E-state index in [1.807, 2.05) is 0 Å². The van der Waals surface area contributed by atoms with E-state index in [0.29, 0.717) is 12.2 Å². The summed E-state index contributed by atoms with van der Waals surface area (Å²) in [7, 11) is -2.09. The van der Waals surface area contributed by atoms with Crippen LogP contribution in [0.3, 0.4) is 0 Å². The quantitative estimate of drug-likeness (QED) is 0.248. The number of aliphatic hydroxyl groups is 1. The van der Waals surface area contributed by atoms with Gasteiger partial charge in [0.25, 0.3) is 0 Å². The third-order valence-electron chi connectivity index (χ3n) is 3.00. The number of aliphatic hydroxyl groups excluding tert-OH is 1. The summed E-state index contributed by atoms with van der Waals surface area (Å²) < 4.78 is 22.3. The predicted octanol–water partition coefficient (Wildman–Crippen LogP) is 2.44. The van der Waals surface area contributed by atoms with Gasteiger partial charge in [0.15, 0.2) is 8.32 Å². The minimum Gasteiger partial charge on any atom is -0.454 e. The van der Waals surface area contributed by atoms with Crippen LogP contribution in [0.2, 0.25) is 32.2 Å². The molecule has 1 N–H and O–H groups in total. The first-order chi connectivity index (χ1) is 10.5. The Bertz CT molecular complexity index is 383. The third-order valence-corrected chi connectivity index (χ3v) is 9.31. The van der Waals surface area contributed by atoms with E-state index in [2.05, 4.69) is 32.8 Å². The van der Waals surface area contributed by atoms with Crippen molar-refractivity contribution in [1.29, 1.82) is 0 Å². The minimum absolute atomic E-state index is 0.162. The molecule has 0 fully saturated rings. The molecule has 6 nitrogen and oxygen atoms in total. The van der Waals surface area contributed by atoms with Crippen molar-refractivity contribution in [3.63, 3.8) is 0 Å². The molecule has 0 aliphatic carbocycles. The van der Waals surface area contributed by atoms with Crippen molar-refractivity contribution in [2.24, 2.45) is 0 Å². The molecule has 0 aromatic carbocycles. The number of ether oxygens (including phenoxy) is 2. The van der Waals surface area contributed by atoms with E-state index in [-0.39, 0.29) is 13.2 Å². The van der Waals surface area contributed by atoms with Crippen molar-refractivity contribution in [2.75, 3.05) is 26.9 Å². The van der Waals surface area contributed by atoms with Crippen molar-refractivity contribution in [2.45, 2.75) is 51.7 Å². The van der Waals surface area contributed by atoms with E-state index in [9.17, 15) is 9.90 Å². The highest BCUT2D eigenvalue weighted by Crippen LogP contribution is 2.20. The van der Waals surface area contributed by atoms with Gasteiger partial charge in [-0.1, -0.05) is 6.58 Å². The van der Waals surface area contributed by atoms with Crippen LogP contribution in [0.4, 0.5) is 0 Å². The maximum absolute atomic E-state index is 11.4. The molecule has 0 saturated heterocycles. The van der Waals surface area contributed by atoms with Crippen LogP contribution in [-0.2, 0) is 22.8 Å². The van der Waals surface area contributed by atoms with Gasteiger partial charge in [-0.25, -0.2) is 4.79 Å². The molecule has 0 radical (unpaired) electrons. The zero-order valence-electron chi connectivity index (χ0n) is 15.3. The Morgan fingerprint density at radius 1 is 1.26 bits per heavy atom. The summed E-state index contributed by atoms with van der Waals surface area (Å²) >= 11 is 0. The molecule has 8 heteroatoms.